The Morgan fingerprint density at radius 3 is 2.81 bits per heavy atom. The number of nitrogens with zero attached hydrogens (tertiary/aromatic N) is 3. The van der Waals surface area contributed by atoms with E-state index in [0.29, 0.717) is 11.5 Å². The fraction of sp³-hybridized carbons (Fsp3) is 0.250. The van der Waals surface area contributed by atoms with Gasteiger partial charge in [0.05, 0.1) is 6.21 Å². The molecule has 9 heteroatoms. The molecule has 0 fully saturated rings. The number of alkyl halides is 3. The van der Waals surface area contributed by atoms with Gasteiger partial charge in [-0.15, -0.1) is 0 Å². The smallest absolute Gasteiger partial charge is 0.435 e. The molecule has 1 amide bonds. The highest BCUT2D eigenvalue weighted by Crippen LogP contribution is 2.27. The van der Waals surface area contributed by atoms with Crippen LogP contribution in [0.5, 0.6) is 0 Å². The topological polar surface area (TPSA) is 72.4 Å². The number of aryl methyl sites for hydroxylation is 1. The molecule has 0 unspecified atom stereocenters. The number of hydrogen-bond donors (Lipinski definition) is 1. The highest BCUT2D eigenvalue weighted by Gasteiger charge is 2.33. The summed E-state index contributed by atoms with van der Waals surface area (Å²) in [5.74, 6) is 0.539. The Kier molecular flexibility index (Phi) is 4.10. The summed E-state index contributed by atoms with van der Waals surface area (Å²) >= 11 is 0. The van der Waals surface area contributed by atoms with Crippen molar-refractivity contribution in [1.29, 1.82) is 0 Å². The van der Waals surface area contributed by atoms with Gasteiger partial charge >= 0.3 is 6.18 Å². The average Bonchev–Trinajstić information content (AvgIpc) is 2.98. The summed E-state index contributed by atoms with van der Waals surface area (Å²) < 4.78 is 43.0. The zero-order valence-corrected chi connectivity index (χ0v) is 10.9. The number of furan rings is 1. The van der Waals surface area contributed by atoms with Crippen molar-refractivity contribution in [3.63, 3.8) is 0 Å². The van der Waals surface area contributed by atoms with Crippen molar-refractivity contribution in [2.45, 2.75) is 19.6 Å². The summed E-state index contributed by atoms with van der Waals surface area (Å²) in [5, 5.41) is 6.88. The van der Waals surface area contributed by atoms with E-state index in [4.69, 9.17) is 4.42 Å². The minimum Gasteiger partial charge on any atom is -0.460 e. The van der Waals surface area contributed by atoms with Crippen molar-refractivity contribution in [3.8, 4) is 0 Å². The fourth-order valence-corrected chi connectivity index (χ4v) is 1.47. The van der Waals surface area contributed by atoms with E-state index in [9.17, 15) is 18.0 Å². The lowest BCUT2D eigenvalue weighted by atomic mass is 10.4. The predicted molar refractivity (Wildman–Crippen MR) is 66.4 cm³/mol. The van der Waals surface area contributed by atoms with Crippen molar-refractivity contribution >= 4 is 12.1 Å². The van der Waals surface area contributed by atoms with Gasteiger partial charge in [0.2, 0.25) is 0 Å². The predicted octanol–water partition coefficient (Wildman–Crippen LogP) is 1.95. The quantitative estimate of drug-likeness (QED) is 0.693. The first-order chi connectivity index (χ1) is 9.84. The van der Waals surface area contributed by atoms with Gasteiger partial charge in [-0.3, -0.25) is 9.48 Å². The normalized spacial score (nSPS) is 12.0. The van der Waals surface area contributed by atoms with Crippen molar-refractivity contribution < 1.29 is 22.4 Å². The van der Waals surface area contributed by atoms with E-state index in [1.807, 2.05) is 0 Å². The van der Waals surface area contributed by atoms with E-state index in [1.165, 1.54) is 6.21 Å². The van der Waals surface area contributed by atoms with Crippen molar-refractivity contribution in [1.82, 2.24) is 15.2 Å². The SMILES string of the molecule is Cc1ccc(/C=N\NC(=O)Cn2ccc(C(F)(F)F)n2)o1. The molecule has 0 saturated carbocycles. The van der Waals surface area contributed by atoms with E-state index in [2.05, 4.69) is 15.6 Å². The maximum atomic E-state index is 12.3. The van der Waals surface area contributed by atoms with Crippen LogP contribution in [-0.4, -0.2) is 21.9 Å². The van der Waals surface area contributed by atoms with Gasteiger partial charge in [-0.05, 0) is 25.1 Å². The monoisotopic (exact) mass is 300 g/mol. The van der Waals surface area contributed by atoms with Crippen molar-refractivity contribution in [2.75, 3.05) is 0 Å². The third kappa shape index (κ3) is 4.20. The van der Waals surface area contributed by atoms with Crippen LogP contribution in [0.3, 0.4) is 0 Å². The Bertz CT molecular complexity index is 658. The summed E-state index contributed by atoms with van der Waals surface area (Å²) in [6.45, 7) is 1.39. The van der Waals surface area contributed by atoms with E-state index in [1.54, 1.807) is 19.1 Å². The molecule has 21 heavy (non-hydrogen) atoms. The first-order valence-corrected chi connectivity index (χ1v) is 5.83. The summed E-state index contributed by atoms with van der Waals surface area (Å²) in [6, 6.07) is 4.18. The molecule has 0 radical (unpaired) electrons. The molecular formula is C12H11F3N4O2. The molecule has 0 aliphatic rings. The van der Waals surface area contributed by atoms with Crippen LogP contribution in [0.2, 0.25) is 0 Å². The molecule has 0 aromatic carbocycles. The third-order valence-corrected chi connectivity index (χ3v) is 2.38. The number of halogens is 3. The number of hydrazone groups is 1. The van der Waals surface area contributed by atoms with E-state index < -0.39 is 17.8 Å². The molecule has 0 atom stereocenters. The molecule has 112 valence electrons. The Morgan fingerprint density at radius 1 is 1.48 bits per heavy atom. The Hall–Kier alpha value is -2.58. The molecule has 2 aromatic heterocycles. The van der Waals surface area contributed by atoms with Crippen LogP contribution in [-0.2, 0) is 17.5 Å². The number of nitrogens with one attached hydrogen (secondary N) is 1. The Morgan fingerprint density at radius 2 is 2.24 bits per heavy atom. The highest BCUT2D eigenvalue weighted by molar-refractivity contribution is 5.80. The van der Waals surface area contributed by atoms with Crippen LogP contribution >= 0.6 is 0 Å². The zero-order valence-electron chi connectivity index (χ0n) is 10.9. The second-order valence-electron chi connectivity index (χ2n) is 4.14. The largest absolute Gasteiger partial charge is 0.460 e. The molecular weight excluding hydrogens is 289 g/mol. The number of amides is 1. The lowest BCUT2D eigenvalue weighted by Crippen LogP contribution is -2.23. The van der Waals surface area contributed by atoms with Crippen molar-refractivity contribution in [2.24, 2.45) is 5.10 Å². The number of aromatic nitrogens is 2. The third-order valence-electron chi connectivity index (χ3n) is 2.38. The molecule has 0 aliphatic heterocycles. The van der Waals surface area contributed by atoms with Gasteiger partial charge in [0, 0.05) is 6.20 Å². The van der Waals surface area contributed by atoms with Gasteiger partial charge in [0.1, 0.15) is 18.1 Å². The zero-order chi connectivity index (χ0) is 15.5. The highest BCUT2D eigenvalue weighted by atomic mass is 19.4. The van der Waals surface area contributed by atoms with Crippen LogP contribution in [0, 0.1) is 6.92 Å². The standard InChI is InChI=1S/C12H11F3N4O2/c1-8-2-3-9(21-8)6-16-17-11(20)7-19-5-4-10(18-19)12(13,14)15/h2-6H,7H2,1H3,(H,17,20)/b16-6-. The molecule has 0 bridgehead atoms. The van der Waals surface area contributed by atoms with Crippen LogP contribution in [0.1, 0.15) is 17.2 Å². The maximum absolute atomic E-state index is 12.3. The number of carbonyl (C=O) groups excluding carboxylic acids is 1. The first kappa shape index (κ1) is 14.8. The molecule has 2 aromatic rings. The van der Waals surface area contributed by atoms with Crippen LogP contribution in [0.25, 0.3) is 0 Å². The lowest BCUT2D eigenvalue weighted by Gasteiger charge is -2.02. The van der Waals surface area contributed by atoms with Gasteiger partial charge in [0.15, 0.2) is 5.69 Å². The summed E-state index contributed by atoms with van der Waals surface area (Å²) in [7, 11) is 0. The molecule has 0 aliphatic carbocycles. The van der Waals surface area contributed by atoms with Crippen LogP contribution in [0.4, 0.5) is 13.2 Å². The van der Waals surface area contributed by atoms with E-state index in [0.717, 1.165) is 16.9 Å². The lowest BCUT2D eigenvalue weighted by molar-refractivity contribution is -0.141. The number of hydrogen-bond acceptors (Lipinski definition) is 4. The second-order valence-corrected chi connectivity index (χ2v) is 4.14. The molecule has 0 spiro atoms. The molecule has 0 saturated heterocycles. The molecule has 2 heterocycles. The fourth-order valence-electron chi connectivity index (χ4n) is 1.47. The van der Waals surface area contributed by atoms with Crippen LogP contribution < -0.4 is 5.43 Å². The Balaban J connectivity index is 1.87. The van der Waals surface area contributed by atoms with Gasteiger partial charge < -0.3 is 4.42 Å². The minimum atomic E-state index is -4.53. The van der Waals surface area contributed by atoms with Crippen LogP contribution in [0.15, 0.2) is 33.9 Å². The summed E-state index contributed by atoms with van der Waals surface area (Å²) in [4.78, 5) is 11.5. The summed E-state index contributed by atoms with van der Waals surface area (Å²) in [6.07, 6.45) is -2.17. The van der Waals surface area contributed by atoms with E-state index in [-0.39, 0.29) is 6.54 Å². The van der Waals surface area contributed by atoms with E-state index >= 15 is 0 Å². The maximum Gasteiger partial charge on any atom is 0.435 e. The summed E-state index contributed by atoms with van der Waals surface area (Å²) in [5.41, 5.74) is 1.11. The minimum absolute atomic E-state index is 0.370. The Labute approximate surface area is 117 Å². The van der Waals surface area contributed by atoms with Gasteiger partial charge in [-0.25, -0.2) is 5.43 Å². The van der Waals surface area contributed by atoms with Gasteiger partial charge in [-0.2, -0.15) is 23.4 Å². The first-order valence-electron chi connectivity index (χ1n) is 5.83. The number of carbonyl (C=O) groups is 1. The second kappa shape index (κ2) is 5.81. The van der Waals surface area contributed by atoms with Crippen molar-refractivity contribution in [3.05, 3.63) is 41.6 Å². The molecule has 6 nitrogen and oxygen atoms in total. The van der Waals surface area contributed by atoms with Gasteiger partial charge in [-0.1, -0.05) is 0 Å². The molecule has 1 N–H and O–H groups in total. The number of rotatable bonds is 4. The molecule has 2 rings (SSSR count). The average molecular weight is 300 g/mol. The van der Waals surface area contributed by atoms with Gasteiger partial charge in [0.25, 0.3) is 5.91 Å².